The summed E-state index contributed by atoms with van der Waals surface area (Å²) >= 11 is 0. The maximum Gasteiger partial charge on any atom is 0.410 e. The van der Waals surface area contributed by atoms with E-state index in [0.717, 1.165) is 5.56 Å². The summed E-state index contributed by atoms with van der Waals surface area (Å²) in [7, 11) is 0. The van der Waals surface area contributed by atoms with Gasteiger partial charge in [-0.05, 0) is 26.3 Å². The first-order valence-corrected chi connectivity index (χ1v) is 8.56. The molecule has 1 aromatic carbocycles. The number of benzene rings is 1. The number of Topliss-reactive ketones (excluding diaryl/α,β-unsaturated/α-hetero) is 1. The molecule has 0 aliphatic carbocycles. The minimum absolute atomic E-state index is 0.0266. The fourth-order valence-electron chi connectivity index (χ4n) is 2.41. The highest BCUT2D eigenvalue weighted by Crippen LogP contribution is 2.13. The maximum absolute atomic E-state index is 12.3. The Morgan fingerprint density at radius 1 is 1.28 bits per heavy atom. The van der Waals surface area contributed by atoms with Gasteiger partial charge in [0.1, 0.15) is 12.2 Å². The second-order valence-corrected chi connectivity index (χ2v) is 7.15. The Labute approximate surface area is 149 Å². The van der Waals surface area contributed by atoms with Crippen LogP contribution >= 0.6 is 0 Å². The molecule has 1 atom stereocenters. The molecule has 6 nitrogen and oxygen atoms in total. The highest BCUT2D eigenvalue weighted by molar-refractivity contribution is 5.80. The van der Waals surface area contributed by atoms with Crippen LogP contribution in [0.15, 0.2) is 30.3 Å². The van der Waals surface area contributed by atoms with E-state index in [2.05, 4.69) is 0 Å². The van der Waals surface area contributed by atoms with Crippen molar-refractivity contribution in [1.29, 1.82) is 0 Å². The Kier molecular flexibility index (Phi) is 6.96. The molecular weight excluding hydrogens is 322 g/mol. The van der Waals surface area contributed by atoms with Gasteiger partial charge in [-0.3, -0.25) is 4.79 Å². The molecule has 1 amide bonds. The average Bonchev–Trinajstić information content (AvgIpc) is 2.53. The summed E-state index contributed by atoms with van der Waals surface area (Å²) in [6.07, 6.45) is -0.518. The maximum atomic E-state index is 12.3. The van der Waals surface area contributed by atoms with E-state index in [0.29, 0.717) is 26.3 Å². The molecular formula is C19H27NO5. The van der Waals surface area contributed by atoms with Crippen molar-refractivity contribution in [2.75, 3.05) is 26.3 Å². The largest absolute Gasteiger partial charge is 0.444 e. The van der Waals surface area contributed by atoms with Crippen LogP contribution in [-0.2, 0) is 25.6 Å². The quantitative estimate of drug-likeness (QED) is 0.836. The van der Waals surface area contributed by atoms with Crippen LogP contribution in [0.25, 0.3) is 0 Å². The zero-order valence-electron chi connectivity index (χ0n) is 15.2. The number of carbonyl (C=O) groups is 2. The highest BCUT2D eigenvalue weighted by atomic mass is 16.6. The van der Waals surface area contributed by atoms with Gasteiger partial charge in [0.25, 0.3) is 0 Å². The van der Waals surface area contributed by atoms with Crippen molar-refractivity contribution in [1.82, 2.24) is 4.90 Å². The zero-order valence-corrected chi connectivity index (χ0v) is 15.2. The number of hydrogen-bond acceptors (Lipinski definition) is 5. The molecule has 1 fully saturated rings. The third-order valence-corrected chi connectivity index (χ3v) is 3.63. The minimum Gasteiger partial charge on any atom is -0.444 e. The molecule has 0 bridgehead atoms. The van der Waals surface area contributed by atoms with Gasteiger partial charge in [0, 0.05) is 13.0 Å². The number of ether oxygens (including phenoxy) is 3. The van der Waals surface area contributed by atoms with Crippen LogP contribution in [0.4, 0.5) is 4.79 Å². The molecule has 0 N–H and O–H groups in total. The first kappa shape index (κ1) is 19.4. The standard InChI is InChI=1S/C19H27NO5/c1-19(2,3)25-18(22)20-10-9-16(21)13-24-17(11-20)14-23-12-15-7-5-4-6-8-15/h4-8,17H,9-14H2,1-3H3/t17-/m0/s1. The van der Waals surface area contributed by atoms with Gasteiger partial charge < -0.3 is 19.1 Å². The zero-order chi connectivity index (χ0) is 18.3. The minimum atomic E-state index is -0.580. The average molecular weight is 349 g/mol. The smallest absolute Gasteiger partial charge is 0.410 e. The van der Waals surface area contributed by atoms with Crippen molar-refractivity contribution in [3.05, 3.63) is 35.9 Å². The second-order valence-electron chi connectivity index (χ2n) is 7.15. The highest BCUT2D eigenvalue weighted by Gasteiger charge is 2.27. The van der Waals surface area contributed by atoms with E-state index >= 15 is 0 Å². The monoisotopic (exact) mass is 349 g/mol. The fraction of sp³-hybridized carbons (Fsp3) is 0.579. The van der Waals surface area contributed by atoms with Gasteiger partial charge in [0.2, 0.25) is 0 Å². The lowest BCUT2D eigenvalue weighted by Crippen LogP contribution is -2.46. The number of ketones is 1. The van der Waals surface area contributed by atoms with Crippen LogP contribution in [0.3, 0.4) is 0 Å². The summed E-state index contributed by atoms with van der Waals surface area (Å²) in [4.78, 5) is 25.6. The van der Waals surface area contributed by atoms with Crippen LogP contribution in [-0.4, -0.2) is 54.8 Å². The van der Waals surface area contributed by atoms with Crippen LogP contribution in [0.5, 0.6) is 0 Å². The van der Waals surface area contributed by atoms with Gasteiger partial charge in [-0.1, -0.05) is 30.3 Å². The number of carbonyl (C=O) groups excluding carboxylic acids is 2. The van der Waals surface area contributed by atoms with Gasteiger partial charge in [0.15, 0.2) is 5.78 Å². The number of amides is 1. The van der Waals surface area contributed by atoms with Gasteiger partial charge in [-0.15, -0.1) is 0 Å². The lowest BCUT2D eigenvalue weighted by Gasteiger charge is -2.31. The predicted octanol–water partition coefficient (Wildman–Crippen LogP) is 2.80. The Bertz CT molecular complexity index is 567. The second kappa shape index (κ2) is 8.97. The summed E-state index contributed by atoms with van der Waals surface area (Å²) < 4.78 is 16.7. The Balaban J connectivity index is 1.90. The molecule has 1 saturated heterocycles. The van der Waals surface area contributed by atoms with Gasteiger partial charge in [-0.2, -0.15) is 0 Å². The van der Waals surface area contributed by atoms with Gasteiger partial charge in [0.05, 0.1) is 25.9 Å². The van der Waals surface area contributed by atoms with Crippen molar-refractivity contribution in [2.45, 2.75) is 45.5 Å². The van der Waals surface area contributed by atoms with E-state index in [9.17, 15) is 9.59 Å². The summed E-state index contributed by atoms with van der Waals surface area (Å²) in [5, 5.41) is 0. The summed E-state index contributed by atoms with van der Waals surface area (Å²) in [5.41, 5.74) is 0.484. The lowest BCUT2D eigenvalue weighted by atomic mass is 10.2. The van der Waals surface area contributed by atoms with E-state index in [1.165, 1.54) is 4.90 Å². The van der Waals surface area contributed by atoms with Gasteiger partial charge >= 0.3 is 6.09 Å². The molecule has 0 aromatic heterocycles. The molecule has 1 heterocycles. The molecule has 1 aromatic rings. The summed E-state index contributed by atoms with van der Waals surface area (Å²) in [6, 6.07) is 9.82. The number of hydrogen-bond donors (Lipinski definition) is 0. The van der Waals surface area contributed by atoms with Crippen molar-refractivity contribution in [3.8, 4) is 0 Å². The molecule has 0 radical (unpaired) electrons. The topological polar surface area (TPSA) is 65.1 Å². The van der Waals surface area contributed by atoms with E-state index in [1.54, 1.807) is 0 Å². The third-order valence-electron chi connectivity index (χ3n) is 3.63. The molecule has 25 heavy (non-hydrogen) atoms. The first-order valence-electron chi connectivity index (χ1n) is 8.56. The van der Waals surface area contributed by atoms with Crippen molar-refractivity contribution in [3.63, 3.8) is 0 Å². The summed E-state index contributed by atoms with van der Waals surface area (Å²) in [5.74, 6) is -0.0266. The van der Waals surface area contributed by atoms with E-state index in [1.807, 2.05) is 51.1 Å². The van der Waals surface area contributed by atoms with Crippen LogP contribution in [0.1, 0.15) is 32.8 Å². The fourth-order valence-corrected chi connectivity index (χ4v) is 2.41. The Morgan fingerprint density at radius 3 is 2.68 bits per heavy atom. The van der Waals surface area contributed by atoms with E-state index < -0.39 is 11.7 Å². The van der Waals surface area contributed by atoms with E-state index in [4.69, 9.17) is 14.2 Å². The SMILES string of the molecule is CC(C)(C)OC(=O)N1CCC(=O)CO[C@H](COCc2ccccc2)C1. The van der Waals surface area contributed by atoms with Crippen LogP contribution in [0, 0.1) is 0 Å². The van der Waals surface area contributed by atoms with Crippen molar-refractivity contribution < 1.29 is 23.8 Å². The van der Waals surface area contributed by atoms with E-state index in [-0.39, 0.29) is 24.9 Å². The van der Waals surface area contributed by atoms with Crippen LogP contribution in [0.2, 0.25) is 0 Å². The molecule has 138 valence electrons. The predicted molar refractivity (Wildman–Crippen MR) is 93.3 cm³/mol. The molecule has 0 spiro atoms. The molecule has 6 heteroatoms. The number of nitrogens with zero attached hydrogens (tertiary/aromatic N) is 1. The molecule has 0 unspecified atom stereocenters. The first-order chi connectivity index (χ1) is 11.8. The molecule has 2 rings (SSSR count). The van der Waals surface area contributed by atoms with Crippen molar-refractivity contribution >= 4 is 11.9 Å². The lowest BCUT2D eigenvalue weighted by molar-refractivity contribution is -0.130. The molecule has 1 aliphatic heterocycles. The Morgan fingerprint density at radius 2 is 2.00 bits per heavy atom. The normalized spacial score (nSPS) is 19.2. The summed E-state index contributed by atoms with van der Waals surface area (Å²) in [6.45, 7) is 6.96. The van der Waals surface area contributed by atoms with Crippen LogP contribution < -0.4 is 0 Å². The number of rotatable bonds is 4. The Hall–Kier alpha value is -1.92. The molecule has 0 saturated carbocycles. The molecule has 1 aliphatic rings. The van der Waals surface area contributed by atoms with Gasteiger partial charge in [-0.25, -0.2) is 4.79 Å². The van der Waals surface area contributed by atoms with Crippen molar-refractivity contribution in [2.24, 2.45) is 0 Å². The third kappa shape index (κ3) is 7.23.